The predicted molar refractivity (Wildman–Crippen MR) is 44.8 cm³/mol. The summed E-state index contributed by atoms with van der Waals surface area (Å²) in [5.74, 6) is -0.505. The van der Waals surface area contributed by atoms with E-state index in [4.69, 9.17) is 5.11 Å². The van der Waals surface area contributed by atoms with Gasteiger partial charge < -0.3 is 5.11 Å². The molecule has 12 heavy (non-hydrogen) atoms. The fourth-order valence-electron chi connectivity index (χ4n) is 0.896. The minimum absolute atomic E-state index is 0.0364. The number of hydrogen-bond acceptors (Lipinski definition) is 2. The van der Waals surface area contributed by atoms with Crippen molar-refractivity contribution in [1.29, 1.82) is 0 Å². The largest absolute Gasteiger partial charge is 0.465 e. The van der Waals surface area contributed by atoms with Crippen LogP contribution in [0.25, 0.3) is 0 Å². The molecule has 0 aromatic heterocycles. The molecule has 0 aliphatic carbocycles. The lowest BCUT2D eigenvalue weighted by Gasteiger charge is -2.07. The average Bonchev–Trinajstić information content (AvgIpc) is 1.85. The van der Waals surface area contributed by atoms with E-state index in [1.165, 1.54) is 0 Å². The number of nitrogens with one attached hydrogen (secondary N) is 1. The maximum atomic E-state index is 11.1. The van der Waals surface area contributed by atoms with Gasteiger partial charge in [-0.1, -0.05) is 19.9 Å². The van der Waals surface area contributed by atoms with E-state index in [0.717, 1.165) is 0 Å². The molecule has 0 aromatic carbocycles. The minimum atomic E-state index is -1.32. The minimum Gasteiger partial charge on any atom is -0.465 e. The SMILES string of the molecule is CC=C(C(=O)NC(=O)O)C(C)C. The van der Waals surface area contributed by atoms with Gasteiger partial charge in [-0.15, -0.1) is 0 Å². The normalized spacial score (nSPS) is 11.5. The zero-order valence-corrected chi connectivity index (χ0v) is 7.42. The molecular weight excluding hydrogens is 158 g/mol. The predicted octanol–water partition coefficient (Wildman–Crippen LogP) is 1.38. The summed E-state index contributed by atoms with van der Waals surface area (Å²) in [5.41, 5.74) is 0.484. The molecule has 4 heteroatoms. The zero-order valence-electron chi connectivity index (χ0n) is 7.42. The summed E-state index contributed by atoms with van der Waals surface area (Å²) in [6.45, 7) is 5.37. The Hall–Kier alpha value is -1.32. The summed E-state index contributed by atoms with van der Waals surface area (Å²) in [6.07, 6.45) is 0.295. The first-order chi connectivity index (χ1) is 5.49. The smallest absolute Gasteiger partial charge is 0.411 e. The van der Waals surface area contributed by atoms with Gasteiger partial charge in [0.05, 0.1) is 0 Å². The van der Waals surface area contributed by atoms with Crippen LogP contribution in [0.15, 0.2) is 11.6 Å². The van der Waals surface area contributed by atoms with E-state index in [9.17, 15) is 9.59 Å². The van der Waals surface area contributed by atoms with Crippen LogP contribution < -0.4 is 5.32 Å². The number of hydrogen-bond donors (Lipinski definition) is 2. The van der Waals surface area contributed by atoms with Crippen LogP contribution in [0.5, 0.6) is 0 Å². The van der Waals surface area contributed by atoms with E-state index in [1.54, 1.807) is 18.3 Å². The van der Waals surface area contributed by atoms with Crippen molar-refractivity contribution in [3.63, 3.8) is 0 Å². The van der Waals surface area contributed by atoms with Crippen molar-refractivity contribution in [2.24, 2.45) is 5.92 Å². The second-order valence-electron chi connectivity index (χ2n) is 2.66. The standard InChI is InChI=1S/C8H13NO3/c1-4-6(5(2)3)7(10)9-8(11)12/h4-5H,1-3H3,(H,9,10)(H,11,12). The molecule has 0 fully saturated rings. The molecule has 0 radical (unpaired) electrons. The van der Waals surface area contributed by atoms with Gasteiger partial charge in [0, 0.05) is 5.57 Å². The van der Waals surface area contributed by atoms with E-state index in [0.29, 0.717) is 5.57 Å². The Balaban J connectivity index is 4.35. The van der Waals surface area contributed by atoms with Crippen LogP contribution in [0.3, 0.4) is 0 Å². The molecule has 0 aliphatic heterocycles. The molecular formula is C8H13NO3. The van der Waals surface area contributed by atoms with Crippen molar-refractivity contribution in [2.75, 3.05) is 0 Å². The maximum absolute atomic E-state index is 11.1. The van der Waals surface area contributed by atoms with Crippen molar-refractivity contribution in [2.45, 2.75) is 20.8 Å². The molecule has 0 saturated carbocycles. The van der Waals surface area contributed by atoms with Gasteiger partial charge in [0.15, 0.2) is 0 Å². The topological polar surface area (TPSA) is 66.4 Å². The average molecular weight is 171 g/mol. The summed E-state index contributed by atoms with van der Waals surface area (Å²) >= 11 is 0. The second kappa shape index (κ2) is 4.54. The van der Waals surface area contributed by atoms with E-state index < -0.39 is 12.0 Å². The first-order valence-corrected chi connectivity index (χ1v) is 3.69. The van der Waals surface area contributed by atoms with Crippen LogP contribution in [0.1, 0.15) is 20.8 Å². The van der Waals surface area contributed by atoms with Gasteiger partial charge in [-0.3, -0.25) is 10.1 Å². The van der Waals surface area contributed by atoms with Gasteiger partial charge in [0.2, 0.25) is 0 Å². The molecule has 0 saturated heterocycles. The Morgan fingerprint density at radius 1 is 1.42 bits per heavy atom. The number of carbonyl (C=O) groups is 2. The highest BCUT2D eigenvalue weighted by molar-refractivity contribution is 6.02. The Labute approximate surface area is 71.3 Å². The first-order valence-electron chi connectivity index (χ1n) is 3.69. The van der Waals surface area contributed by atoms with Gasteiger partial charge in [-0.25, -0.2) is 4.79 Å². The lowest BCUT2D eigenvalue weighted by Crippen LogP contribution is -2.31. The van der Waals surface area contributed by atoms with Crippen LogP contribution >= 0.6 is 0 Å². The van der Waals surface area contributed by atoms with E-state index >= 15 is 0 Å². The molecule has 0 aliphatic rings. The first kappa shape index (κ1) is 10.7. The number of imide groups is 1. The number of allylic oxidation sites excluding steroid dienone is 1. The van der Waals surface area contributed by atoms with Crippen molar-refractivity contribution >= 4 is 12.0 Å². The summed E-state index contributed by atoms with van der Waals surface area (Å²) in [6, 6.07) is 0. The molecule has 0 heterocycles. The third kappa shape index (κ3) is 3.18. The van der Waals surface area contributed by atoms with Crippen LogP contribution in [0, 0.1) is 5.92 Å². The lowest BCUT2D eigenvalue weighted by molar-refractivity contribution is -0.117. The van der Waals surface area contributed by atoms with Gasteiger partial charge >= 0.3 is 6.09 Å². The molecule has 0 aromatic rings. The molecule has 0 rings (SSSR count). The van der Waals surface area contributed by atoms with Crippen molar-refractivity contribution in [1.82, 2.24) is 5.32 Å². The Bertz CT molecular complexity index is 218. The molecule has 2 amide bonds. The van der Waals surface area contributed by atoms with Gasteiger partial charge in [0.25, 0.3) is 5.91 Å². The monoisotopic (exact) mass is 171 g/mol. The molecule has 4 nitrogen and oxygen atoms in total. The Morgan fingerprint density at radius 3 is 2.17 bits per heavy atom. The van der Waals surface area contributed by atoms with Gasteiger partial charge in [-0.2, -0.15) is 0 Å². The second-order valence-corrected chi connectivity index (χ2v) is 2.66. The molecule has 68 valence electrons. The van der Waals surface area contributed by atoms with Crippen LogP contribution in [-0.2, 0) is 4.79 Å². The molecule has 0 spiro atoms. The maximum Gasteiger partial charge on any atom is 0.411 e. The fraction of sp³-hybridized carbons (Fsp3) is 0.500. The Kier molecular flexibility index (Phi) is 4.04. The fourth-order valence-corrected chi connectivity index (χ4v) is 0.896. The highest BCUT2D eigenvalue weighted by atomic mass is 16.4. The van der Waals surface area contributed by atoms with Crippen LogP contribution in [-0.4, -0.2) is 17.1 Å². The van der Waals surface area contributed by atoms with Crippen LogP contribution in [0.2, 0.25) is 0 Å². The zero-order chi connectivity index (χ0) is 9.72. The van der Waals surface area contributed by atoms with Crippen molar-refractivity contribution in [3.8, 4) is 0 Å². The summed E-state index contributed by atoms with van der Waals surface area (Å²) in [5, 5.41) is 10.0. The van der Waals surface area contributed by atoms with E-state index in [-0.39, 0.29) is 5.92 Å². The number of amides is 2. The van der Waals surface area contributed by atoms with Crippen molar-refractivity contribution < 1.29 is 14.7 Å². The molecule has 2 N–H and O–H groups in total. The van der Waals surface area contributed by atoms with Crippen molar-refractivity contribution in [3.05, 3.63) is 11.6 Å². The Morgan fingerprint density at radius 2 is 1.92 bits per heavy atom. The molecule has 0 bridgehead atoms. The van der Waals surface area contributed by atoms with Gasteiger partial charge in [-0.05, 0) is 12.8 Å². The van der Waals surface area contributed by atoms with Gasteiger partial charge in [0.1, 0.15) is 0 Å². The van der Waals surface area contributed by atoms with E-state index in [1.807, 2.05) is 13.8 Å². The summed E-state index contributed by atoms with van der Waals surface area (Å²) in [7, 11) is 0. The summed E-state index contributed by atoms with van der Waals surface area (Å²) in [4.78, 5) is 21.2. The number of rotatable bonds is 2. The lowest BCUT2D eigenvalue weighted by atomic mass is 10.0. The molecule has 0 unspecified atom stereocenters. The highest BCUT2D eigenvalue weighted by Gasteiger charge is 2.13. The van der Waals surface area contributed by atoms with Crippen LogP contribution in [0.4, 0.5) is 4.79 Å². The third-order valence-corrected chi connectivity index (χ3v) is 1.42. The highest BCUT2D eigenvalue weighted by Crippen LogP contribution is 2.08. The number of carbonyl (C=O) groups excluding carboxylic acids is 1. The quantitative estimate of drug-likeness (QED) is 0.617. The van der Waals surface area contributed by atoms with E-state index in [2.05, 4.69) is 0 Å². The number of carboxylic acid groups (broad SMARTS) is 1. The summed E-state index contributed by atoms with van der Waals surface area (Å²) < 4.78 is 0. The third-order valence-electron chi connectivity index (χ3n) is 1.42. The molecule has 0 atom stereocenters.